The largest absolute Gasteiger partial charge is 0.479 e. The Morgan fingerprint density at radius 2 is 1.75 bits per heavy atom. The maximum absolute atomic E-state index is 5.20. The van der Waals surface area contributed by atoms with Gasteiger partial charge in [0.05, 0.1) is 11.6 Å². The van der Waals surface area contributed by atoms with Crippen molar-refractivity contribution in [2.45, 2.75) is 39.5 Å². The molecule has 0 fully saturated rings. The highest BCUT2D eigenvalue weighted by molar-refractivity contribution is 8.03. The minimum Gasteiger partial charge on any atom is -0.479 e. The fourth-order valence-corrected chi connectivity index (χ4v) is 2.02. The zero-order valence-corrected chi connectivity index (χ0v) is 16.3. The molecule has 120 valence electrons. The summed E-state index contributed by atoms with van der Waals surface area (Å²) in [6.45, 7) is 12.6. The number of thiol groups is 1. The van der Waals surface area contributed by atoms with Gasteiger partial charge in [-0.25, -0.2) is 0 Å². The van der Waals surface area contributed by atoms with Crippen molar-refractivity contribution in [1.29, 1.82) is 0 Å². The fourth-order valence-electron chi connectivity index (χ4n) is 0.864. The van der Waals surface area contributed by atoms with Crippen LogP contribution in [0.4, 0.5) is 0 Å². The number of nitrogens with zero attached hydrogens (tertiary/aromatic N) is 2. The first-order valence-corrected chi connectivity index (χ1v) is 8.81. The summed E-state index contributed by atoms with van der Waals surface area (Å²) in [6.07, 6.45) is 4.76. The Morgan fingerprint density at radius 3 is 2.15 bits per heavy atom. The average Bonchev–Trinajstić information content (AvgIpc) is 2.39. The lowest BCUT2D eigenvalue weighted by Crippen LogP contribution is -2.07. The van der Waals surface area contributed by atoms with Gasteiger partial charge in [0, 0.05) is 14.1 Å². The monoisotopic (exact) mass is 338 g/mol. The Labute approximate surface area is 138 Å². The summed E-state index contributed by atoms with van der Waals surface area (Å²) >= 11 is 5.82. The molecule has 0 saturated carbocycles. The van der Waals surface area contributed by atoms with E-state index in [1.165, 1.54) is 18.6 Å². The van der Waals surface area contributed by atoms with E-state index >= 15 is 0 Å². The van der Waals surface area contributed by atoms with Crippen LogP contribution in [0.15, 0.2) is 24.1 Å². The van der Waals surface area contributed by atoms with Gasteiger partial charge in [-0.2, -0.15) is 0 Å². The third-order valence-electron chi connectivity index (χ3n) is 2.29. The summed E-state index contributed by atoms with van der Waals surface area (Å²) in [5.41, 5.74) is 0. The van der Waals surface area contributed by atoms with Crippen LogP contribution < -0.4 is 0 Å². The molecule has 20 heavy (non-hydrogen) atoms. The van der Waals surface area contributed by atoms with Crippen LogP contribution in [-0.4, -0.2) is 35.4 Å². The molecule has 0 radical (unpaired) electrons. The van der Waals surface area contributed by atoms with E-state index < -0.39 is 0 Å². The Balaban J connectivity index is 0. The summed E-state index contributed by atoms with van der Waals surface area (Å²) in [7, 11) is 6.38. The van der Waals surface area contributed by atoms with Crippen LogP contribution >= 0.6 is 34.0 Å². The first kappa shape index (κ1) is 22.3. The highest BCUT2D eigenvalue weighted by Gasteiger charge is 1.95. The number of thioether (sulfide) groups is 1. The van der Waals surface area contributed by atoms with Crippen LogP contribution in [0, 0.1) is 0 Å². The molecule has 0 aliphatic rings. The molecule has 0 aliphatic heterocycles. The summed E-state index contributed by atoms with van der Waals surface area (Å²) < 4.78 is 8.74. The van der Waals surface area contributed by atoms with Crippen LogP contribution in [0.5, 0.6) is 0 Å². The quantitative estimate of drug-likeness (QED) is 0.267. The van der Waals surface area contributed by atoms with Crippen LogP contribution in [0.25, 0.3) is 0 Å². The normalized spacial score (nSPS) is 9.30. The Bertz CT molecular complexity index is 236. The van der Waals surface area contributed by atoms with Crippen LogP contribution in [0.1, 0.15) is 39.5 Å². The number of unbranched alkanes of at least 4 members (excludes halogenated alkanes) is 2. The zero-order chi connectivity index (χ0) is 16.0. The second-order valence-electron chi connectivity index (χ2n) is 4.33. The Morgan fingerprint density at radius 1 is 1.20 bits per heavy atom. The lowest BCUT2D eigenvalue weighted by atomic mass is 10.4. The van der Waals surface area contributed by atoms with E-state index in [4.69, 9.17) is 4.74 Å². The van der Waals surface area contributed by atoms with Crippen LogP contribution in [-0.2, 0) is 4.74 Å². The van der Waals surface area contributed by atoms with Crippen molar-refractivity contribution in [3.05, 3.63) is 24.1 Å². The number of hydrogen-bond donors (Lipinski definition) is 1. The standard InChI is InChI=1S/C7H15NOS.C7H16NPS/c1-4-5-6-9-7(2)8(3)10;1-4-5-6-10-7(2)8(3)9/h10H,2,4-6H2,1,3H3;2,4-6,9H2,1,3H3. The molecule has 0 N–H and O–H groups in total. The molecule has 0 amide bonds. The van der Waals surface area contributed by atoms with Gasteiger partial charge in [0.1, 0.15) is 0 Å². The highest BCUT2D eigenvalue weighted by Crippen LogP contribution is 2.20. The third-order valence-corrected chi connectivity index (χ3v) is 4.12. The molecule has 0 aliphatic carbocycles. The maximum Gasteiger partial charge on any atom is 0.191 e. The lowest BCUT2D eigenvalue weighted by molar-refractivity contribution is 0.166. The van der Waals surface area contributed by atoms with Crippen molar-refractivity contribution in [3.8, 4) is 0 Å². The smallest absolute Gasteiger partial charge is 0.191 e. The predicted molar refractivity (Wildman–Crippen MR) is 101 cm³/mol. The summed E-state index contributed by atoms with van der Waals surface area (Å²) in [5, 5.41) is 1.12. The molecule has 0 saturated heterocycles. The van der Waals surface area contributed by atoms with Crippen molar-refractivity contribution in [2.24, 2.45) is 0 Å². The molecule has 1 unspecified atom stereocenters. The number of hydrogen-bond acceptors (Lipinski definition) is 5. The lowest BCUT2D eigenvalue weighted by Gasteiger charge is -2.14. The molecule has 3 nitrogen and oxygen atoms in total. The Kier molecular flexibility index (Phi) is 17.2. The Hall–Kier alpha value is 0.01000. The van der Waals surface area contributed by atoms with Gasteiger partial charge in [-0.15, -0.1) is 11.8 Å². The molecule has 0 rings (SSSR count). The SMILES string of the molecule is C=C(OCCCC)N(C)S.C=C(SCCCC)N(C)P. The molecule has 0 heterocycles. The molecule has 6 heteroatoms. The van der Waals surface area contributed by atoms with Gasteiger partial charge in [-0.3, -0.25) is 4.31 Å². The van der Waals surface area contributed by atoms with E-state index in [-0.39, 0.29) is 0 Å². The van der Waals surface area contributed by atoms with Crippen LogP contribution in [0.2, 0.25) is 0 Å². The van der Waals surface area contributed by atoms with Gasteiger partial charge in [-0.05, 0) is 34.6 Å². The van der Waals surface area contributed by atoms with Gasteiger partial charge in [0.25, 0.3) is 0 Å². The first-order valence-electron chi connectivity index (χ1n) is 6.91. The second kappa shape index (κ2) is 15.4. The second-order valence-corrected chi connectivity index (χ2v) is 6.87. The summed E-state index contributed by atoms with van der Waals surface area (Å²) in [5.74, 6) is 1.80. The summed E-state index contributed by atoms with van der Waals surface area (Å²) in [4.78, 5) is 0. The van der Waals surface area contributed by atoms with Gasteiger partial charge in [0.15, 0.2) is 5.88 Å². The minimum absolute atomic E-state index is 0.608. The number of ether oxygens (including phenoxy) is 1. The minimum atomic E-state index is 0.608. The van der Waals surface area contributed by atoms with E-state index in [1.54, 1.807) is 11.4 Å². The topological polar surface area (TPSA) is 15.7 Å². The average molecular weight is 339 g/mol. The van der Waals surface area contributed by atoms with Crippen molar-refractivity contribution in [3.63, 3.8) is 0 Å². The van der Waals surface area contributed by atoms with Gasteiger partial charge in [-0.1, -0.05) is 46.1 Å². The summed E-state index contributed by atoms with van der Waals surface area (Å²) in [6, 6.07) is 0. The van der Waals surface area contributed by atoms with E-state index in [1.807, 2.05) is 23.5 Å². The molecular weight excluding hydrogens is 307 g/mol. The van der Waals surface area contributed by atoms with E-state index in [9.17, 15) is 0 Å². The van der Waals surface area contributed by atoms with Crippen molar-refractivity contribution in [2.75, 3.05) is 26.5 Å². The van der Waals surface area contributed by atoms with Gasteiger partial charge >= 0.3 is 0 Å². The molecule has 0 aromatic heterocycles. The molecule has 0 aromatic carbocycles. The van der Waals surface area contributed by atoms with Crippen molar-refractivity contribution < 1.29 is 4.74 Å². The van der Waals surface area contributed by atoms with E-state index in [0.717, 1.165) is 24.5 Å². The molecule has 0 bridgehead atoms. The van der Waals surface area contributed by atoms with Crippen LogP contribution in [0.3, 0.4) is 0 Å². The number of rotatable bonds is 10. The molecule has 1 atom stereocenters. The van der Waals surface area contributed by atoms with Gasteiger partial charge in [0.2, 0.25) is 0 Å². The maximum atomic E-state index is 5.20. The van der Waals surface area contributed by atoms with Gasteiger partial charge < -0.3 is 9.41 Å². The first-order chi connectivity index (χ1) is 9.36. The van der Waals surface area contributed by atoms with E-state index in [0.29, 0.717) is 5.88 Å². The van der Waals surface area contributed by atoms with Crippen molar-refractivity contribution in [1.82, 2.24) is 8.98 Å². The van der Waals surface area contributed by atoms with Crippen molar-refractivity contribution >= 4 is 34.0 Å². The molecule has 0 aromatic rings. The highest BCUT2D eigenvalue weighted by atomic mass is 32.2. The molecule has 0 spiro atoms. The fraction of sp³-hybridized carbons (Fsp3) is 0.714. The van der Waals surface area contributed by atoms with E-state index in [2.05, 4.69) is 49.2 Å². The zero-order valence-electron chi connectivity index (χ0n) is 13.4. The third kappa shape index (κ3) is 16.1. The molecular formula is C14H31N2OPS2. The predicted octanol–water partition coefficient (Wildman–Crippen LogP) is 4.76.